The molecule has 1 aliphatic rings. The fraction of sp³-hybridized carbons (Fsp3) is 0.538. The Morgan fingerprint density at radius 2 is 2.28 bits per heavy atom. The summed E-state index contributed by atoms with van der Waals surface area (Å²) in [6.45, 7) is 1.64. The first kappa shape index (κ1) is 12.8. The van der Waals surface area contributed by atoms with Gasteiger partial charge in [-0.2, -0.15) is 0 Å². The third-order valence-electron chi connectivity index (χ3n) is 3.18. The summed E-state index contributed by atoms with van der Waals surface area (Å²) in [6.07, 6.45) is 4.46. The van der Waals surface area contributed by atoms with Crippen molar-refractivity contribution >= 4 is 5.69 Å². The molecule has 98 valence electrons. The normalized spacial score (nSPS) is 18.8. The van der Waals surface area contributed by atoms with Crippen molar-refractivity contribution in [3.8, 4) is 5.75 Å². The molecule has 1 fully saturated rings. The van der Waals surface area contributed by atoms with Gasteiger partial charge in [0.2, 0.25) is 0 Å². The van der Waals surface area contributed by atoms with Crippen molar-refractivity contribution in [3.05, 3.63) is 34.4 Å². The number of nitro benzene ring substituents is 1. The molecule has 2 rings (SSSR count). The third kappa shape index (κ3) is 3.43. The lowest BCUT2D eigenvalue weighted by Gasteiger charge is -2.10. The van der Waals surface area contributed by atoms with Gasteiger partial charge in [0.15, 0.2) is 5.75 Å². The van der Waals surface area contributed by atoms with Crippen molar-refractivity contribution in [1.29, 1.82) is 0 Å². The maximum absolute atomic E-state index is 10.8. The van der Waals surface area contributed by atoms with E-state index in [1.165, 1.54) is 18.9 Å². The van der Waals surface area contributed by atoms with Crippen LogP contribution < -0.4 is 10.1 Å². The lowest BCUT2D eigenvalue weighted by Crippen LogP contribution is -2.21. The molecule has 0 bridgehead atoms. The SMILES string of the molecule is O=[N+]([O-])c1ccccc1OCCCC1CCCN1. The number of nitro groups is 1. The van der Waals surface area contributed by atoms with E-state index in [0.29, 0.717) is 18.4 Å². The van der Waals surface area contributed by atoms with Gasteiger partial charge in [-0.3, -0.25) is 10.1 Å². The summed E-state index contributed by atoms with van der Waals surface area (Å²) in [4.78, 5) is 10.4. The minimum absolute atomic E-state index is 0.0384. The van der Waals surface area contributed by atoms with Crippen LogP contribution in [-0.4, -0.2) is 24.1 Å². The molecule has 0 radical (unpaired) electrons. The van der Waals surface area contributed by atoms with Gasteiger partial charge in [0, 0.05) is 12.1 Å². The first-order valence-corrected chi connectivity index (χ1v) is 6.37. The predicted octanol–water partition coefficient (Wildman–Crippen LogP) is 2.51. The van der Waals surface area contributed by atoms with Gasteiger partial charge in [0.25, 0.3) is 0 Å². The van der Waals surface area contributed by atoms with E-state index in [1.54, 1.807) is 18.2 Å². The summed E-state index contributed by atoms with van der Waals surface area (Å²) in [5.74, 6) is 0.363. The topological polar surface area (TPSA) is 64.4 Å². The van der Waals surface area contributed by atoms with Gasteiger partial charge in [-0.15, -0.1) is 0 Å². The second-order valence-electron chi connectivity index (χ2n) is 4.51. The fourth-order valence-corrected chi connectivity index (χ4v) is 2.25. The van der Waals surface area contributed by atoms with E-state index < -0.39 is 4.92 Å². The van der Waals surface area contributed by atoms with Crippen LogP contribution in [0.2, 0.25) is 0 Å². The van der Waals surface area contributed by atoms with Gasteiger partial charge < -0.3 is 10.1 Å². The molecule has 1 unspecified atom stereocenters. The highest BCUT2D eigenvalue weighted by Gasteiger charge is 2.15. The van der Waals surface area contributed by atoms with Crippen molar-refractivity contribution in [2.24, 2.45) is 0 Å². The summed E-state index contributed by atoms with van der Waals surface area (Å²) in [5, 5.41) is 14.2. The Bertz CT molecular complexity index is 403. The predicted molar refractivity (Wildman–Crippen MR) is 68.9 cm³/mol. The Hall–Kier alpha value is -1.62. The van der Waals surface area contributed by atoms with Crippen LogP contribution in [0.5, 0.6) is 5.75 Å². The molecule has 1 N–H and O–H groups in total. The Labute approximate surface area is 106 Å². The second kappa shape index (κ2) is 6.35. The van der Waals surface area contributed by atoms with E-state index in [2.05, 4.69) is 5.32 Å². The van der Waals surface area contributed by atoms with Gasteiger partial charge >= 0.3 is 5.69 Å². The number of rotatable bonds is 6. The first-order valence-electron chi connectivity index (χ1n) is 6.37. The molecule has 0 aliphatic carbocycles. The molecule has 0 amide bonds. The van der Waals surface area contributed by atoms with Crippen LogP contribution in [0.4, 0.5) is 5.69 Å². The van der Waals surface area contributed by atoms with Crippen LogP contribution in [0, 0.1) is 10.1 Å². The lowest BCUT2D eigenvalue weighted by molar-refractivity contribution is -0.385. The largest absolute Gasteiger partial charge is 0.487 e. The van der Waals surface area contributed by atoms with Crippen molar-refractivity contribution in [3.63, 3.8) is 0 Å². The van der Waals surface area contributed by atoms with Crippen LogP contribution in [0.25, 0.3) is 0 Å². The van der Waals surface area contributed by atoms with Crippen molar-refractivity contribution in [2.75, 3.05) is 13.2 Å². The average molecular weight is 250 g/mol. The van der Waals surface area contributed by atoms with Gasteiger partial charge in [-0.05, 0) is 38.3 Å². The van der Waals surface area contributed by atoms with Crippen LogP contribution in [0.1, 0.15) is 25.7 Å². The maximum atomic E-state index is 10.8. The Morgan fingerprint density at radius 3 is 3.00 bits per heavy atom. The minimum Gasteiger partial charge on any atom is -0.487 e. The molecule has 1 heterocycles. The molecule has 1 aromatic rings. The third-order valence-corrected chi connectivity index (χ3v) is 3.18. The standard InChI is InChI=1S/C13H18N2O3/c16-15(17)12-7-1-2-8-13(12)18-10-4-6-11-5-3-9-14-11/h1-2,7-8,11,14H,3-6,9-10H2. The van der Waals surface area contributed by atoms with E-state index in [9.17, 15) is 10.1 Å². The van der Waals surface area contributed by atoms with Gasteiger partial charge in [0.05, 0.1) is 11.5 Å². The first-order chi connectivity index (χ1) is 8.77. The number of hydrogen-bond donors (Lipinski definition) is 1. The molecule has 18 heavy (non-hydrogen) atoms. The highest BCUT2D eigenvalue weighted by Crippen LogP contribution is 2.26. The summed E-state index contributed by atoms with van der Waals surface area (Å²) in [5.41, 5.74) is 0.0384. The van der Waals surface area contributed by atoms with E-state index in [-0.39, 0.29) is 5.69 Å². The number of hydrogen-bond acceptors (Lipinski definition) is 4. The number of para-hydroxylation sites is 2. The van der Waals surface area contributed by atoms with Crippen molar-refractivity contribution in [2.45, 2.75) is 31.7 Å². The number of nitrogens with one attached hydrogen (secondary N) is 1. The molecule has 1 atom stereocenters. The molecule has 0 spiro atoms. The van der Waals surface area contributed by atoms with Crippen LogP contribution in [0.3, 0.4) is 0 Å². The highest BCUT2D eigenvalue weighted by molar-refractivity contribution is 5.45. The maximum Gasteiger partial charge on any atom is 0.310 e. The molecule has 0 aromatic heterocycles. The summed E-state index contributed by atoms with van der Waals surface area (Å²) in [7, 11) is 0. The van der Waals surface area contributed by atoms with Gasteiger partial charge in [-0.25, -0.2) is 0 Å². The molecule has 1 aromatic carbocycles. The van der Waals surface area contributed by atoms with E-state index in [4.69, 9.17) is 4.74 Å². The van der Waals surface area contributed by atoms with E-state index >= 15 is 0 Å². The zero-order valence-electron chi connectivity index (χ0n) is 10.3. The van der Waals surface area contributed by atoms with Crippen molar-refractivity contribution in [1.82, 2.24) is 5.32 Å². The van der Waals surface area contributed by atoms with Crippen LogP contribution >= 0.6 is 0 Å². The molecular formula is C13H18N2O3. The lowest BCUT2D eigenvalue weighted by atomic mass is 10.1. The van der Waals surface area contributed by atoms with E-state index in [0.717, 1.165) is 19.4 Å². The number of nitrogens with zero attached hydrogens (tertiary/aromatic N) is 1. The summed E-state index contributed by atoms with van der Waals surface area (Å²) < 4.78 is 5.49. The zero-order chi connectivity index (χ0) is 12.8. The Morgan fingerprint density at radius 1 is 1.44 bits per heavy atom. The van der Waals surface area contributed by atoms with Crippen molar-refractivity contribution < 1.29 is 9.66 Å². The van der Waals surface area contributed by atoms with E-state index in [1.807, 2.05) is 0 Å². The summed E-state index contributed by atoms with van der Waals surface area (Å²) >= 11 is 0. The molecule has 1 saturated heterocycles. The molecule has 5 heteroatoms. The minimum atomic E-state index is -0.409. The quantitative estimate of drug-likeness (QED) is 0.478. The fourth-order valence-electron chi connectivity index (χ4n) is 2.25. The highest BCUT2D eigenvalue weighted by atomic mass is 16.6. The molecular weight excluding hydrogens is 232 g/mol. The summed E-state index contributed by atoms with van der Waals surface area (Å²) in [6, 6.07) is 7.10. The number of benzene rings is 1. The molecule has 1 aliphatic heterocycles. The zero-order valence-corrected chi connectivity index (χ0v) is 10.3. The Balaban J connectivity index is 1.77. The molecule has 5 nitrogen and oxygen atoms in total. The monoisotopic (exact) mass is 250 g/mol. The molecule has 0 saturated carbocycles. The van der Waals surface area contributed by atoms with Crippen LogP contribution in [0.15, 0.2) is 24.3 Å². The van der Waals surface area contributed by atoms with Gasteiger partial charge in [0.1, 0.15) is 0 Å². The average Bonchev–Trinajstić information content (AvgIpc) is 2.88. The van der Waals surface area contributed by atoms with Gasteiger partial charge in [-0.1, -0.05) is 12.1 Å². The second-order valence-corrected chi connectivity index (χ2v) is 4.51. The Kier molecular flexibility index (Phi) is 4.52. The smallest absolute Gasteiger partial charge is 0.310 e. The van der Waals surface area contributed by atoms with Crippen LogP contribution in [-0.2, 0) is 0 Å². The number of ether oxygens (including phenoxy) is 1.